The molecule has 0 aromatic carbocycles. The van der Waals surface area contributed by atoms with Crippen molar-refractivity contribution in [3.05, 3.63) is 0 Å². The van der Waals surface area contributed by atoms with Gasteiger partial charge in [0.1, 0.15) is 0 Å². The van der Waals surface area contributed by atoms with E-state index in [0.717, 1.165) is 25.0 Å². The van der Waals surface area contributed by atoms with Gasteiger partial charge in [-0.25, -0.2) is 0 Å². The Labute approximate surface area is 120 Å². The van der Waals surface area contributed by atoms with Crippen LogP contribution in [0.3, 0.4) is 0 Å². The minimum absolute atomic E-state index is 0.00808. The highest BCUT2D eigenvalue weighted by Crippen LogP contribution is 2.23. The molecule has 0 unspecified atom stereocenters. The van der Waals surface area contributed by atoms with Gasteiger partial charge in [0.05, 0.1) is 5.60 Å². The predicted octanol–water partition coefficient (Wildman–Crippen LogP) is 3.04. The van der Waals surface area contributed by atoms with E-state index >= 15 is 0 Å². The van der Waals surface area contributed by atoms with Crippen molar-refractivity contribution in [1.29, 1.82) is 0 Å². The van der Waals surface area contributed by atoms with Crippen molar-refractivity contribution in [2.75, 3.05) is 27.2 Å². The highest BCUT2D eigenvalue weighted by molar-refractivity contribution is 4.82. The molecule has 0 atom stereocenters. The summed E-state index contributed by atoms with van der Waals surface area (Å²) in [4.78, 5) is 2.54. The molecule has 19 heavy (non-hydrogen) atoms. The lowest BCUT2D eigenvalue weighted by molar-refractivity contribution is 0.00472. The molecule has 114 valence electrons. The number of methoxy groups -OCH3 is 1. The summed E-state index contributed by atoms with van der Waals surface area (Å²) in [5, 5.41) is 3.66. The minimum atomic E-state index is 0.00808. The first kappa shape index (κ1) is 16.9. The van der Waals surface area contributed by atoms with Gasteiger partial charge >= 0.3 is 0 Å². The van der Waals surface area contributed by atoms with Gasteiger partial charge < -0.3 is 15.0 Å². The molecule has 3 nitrogen and oxygen atoms in total. The van der Waals surface area contributed by atoms with Crippen molar-refractivity contribution < 1.29 is 4.74 Å². The van der Waals surface area contributed by atoms with E-state index in [4.69, 9.17) is 4.74 Å². The van der Waals surface area contributed by atoms with Crippen LogP contribution in [0.25, 0.3) is 0 Å². The van der Waals surface area contributed by atoms with E-state index in [1.807, 2.05) is 7.11 Å². The fourth-order valence-corrected chi connectivity index (χ4v) is 2.80. The Morgan fingerprint density at radius 2 is 1.84 bits per heavy atom. The molecule has 3 heteroatoms. The van der Waals surface area contributed by atoms with E-state index in [1.165, 1.54) is 38.6 Å². The largest absolute Gasteiger partial charge is 0.379 e. The second-order valence-corrected chi connectivity index (χ2v) is 6.65. The molecule has 1 fully saturated rings. The number of ether oxygens (including phenoxy) is 1. The summed E-state index contributed by atoms with van der Waals surface area (Å²) in [6, 6.07) is 1.53. The van der Waals surface area contributed by atoms with E-state index < -0.39 is 0 Å². The molecule has 0 spiro atoms. The molecule has 0 saturated heterocycles. The molecule has 0 amide bonds. The number of rotatable bonds is 8. The lowest BCUT2D eigenvalue weighted by atomic mass is 9.90. The van der Waals surface area contributed by atoms with Crippen molar-refractivity contribution >= 4 is 0 Å². The highest BCUT2D eigenvalue weighted by atomic mass is 16.5. The first-order valence-electron chi connectivity index (χ1n) is 7.97. The van der Waals surface area contributed by atoms with Gasteiger partial charge in [0, 0.05) is 25.7 Å². The Bertz CT molecular complexity index is 235. The average Bonchev–Trinajstić information content (AvgIpc) is 2.43. The lowest BCUT2D eigenvalue weighted by Crippen LogP contribution is -2.42. The maximum absolute atomic E-state index is 5.50. The number of nitrogens with zero attached hydrogens (tertiary/aromatic N) is 1. The van der Waals surface area contributed by atoms with E-state index in [1.54, 1.807) is 0 Å². The van der Waals surface area contributed by atoms with Crippen LogP contribution in [0.4, 0.5) is 0 Å². The van der Waals surface area contributed by atoms with Crippen LogP contribution in [0.2, 0.25) is 0 Å². The van der Waals surface area contributed by atoms with Crippen LogP contribution in [-0.4, -0.2) is 49.8 Å². The van der Waals surface area contributed by atoms with Crippen molar-refractivity contribution in [3.8, 4) is 0 Å². The second-order valence-electron chi connectivity index (χ2n) is 6.65. The quantitative estimate of drug-likeness (QED) is 0.733. The highest BCUT2D eigenvalue weighted by Gasteiger charge is 2.25. The van der Waals surface area contributed by atoms with Crippen LogP contribution < -0.4 is 5.32 Å². The van der Waals surface area contributed by atoms with Crippen LogP contribution >= 0.6 is 0 Å². The monoisotopic (exact) mass is 270 g/mol. The zero-order chi connectivity index (χ0) is 14.3. The Morgan fingerprint density at radius 1 is 1.21 bits per heavy atom. The van der Waals surface area contributed by atoms with Gasteiger partial charge in [0.25, 0.3) is 0 Å². The minimum Gasteiger partial charge on any atom is -0.379 e. The molecule has 0 heterocycles. The SMILES string of the molecule is CCCNC1CCC(N(C)CCC(C)(C)OC)CC1. The molecule has 1 N–H and O–H groups in total. The van der Waals surface area contributed by atoms with Gasteiger partial charge in [-0.15, -0.1) is 0 Å². The van der Waals surface area contributed by atoms with E-state index in [-0.39, 0.29) is 5.60 Å². The topological polar surface area (TPSA) is 24.5 Å². The van der Waals surface area contributed by atoms with Gasteiger partial charge in [0.15, 0.2) is 0 Å². The summed E-state index contributed by atoms with van der Waals surface area (Å²) in [5.41, 5.74) is 0.00808. The van der Waals surface area contributed by atoms with Gasteiger partial charge in [-0.3, -0.25) is 0 Å². The molecule has 1 rings (SSSR count). The van der Waals surface area contributed by atoms with Crippen LogP contribution in [0.5, 0.6) is 0 Å². The number of hydrogen-bond acceptors (Lipinski definition) is 3. The predicted molar refractivity (Wildman–Crippen MR) is 82.7 cm³/mol. The molecular weight excluding hydrogens is 236 g/mol. The molecular formula is C16H34N2O. The Balaban J connectivity index is 2.23. The normalized spacial score (nSPS) is 24.9. The van der Waals surface area contributed by atoms with Crippen molar-refractivity contribution in [1.82, 2.24) is 10.2 Å². The van der Waals surface area contributed by atoms with Gasteiger partial charge in [-0.2, -0.15) is 0 Å². The zero-order valence-electron chi connectivity index (χ0n) is 13.7. The standard InChI is InChI=1S/C16H34N2O/c1-6-12-17-14-7-9-15(10-8-14)18(4)13-11-16(2,3)19-5/h14-15,17H,6-13H2,1-5H3. The van der Waals surface area contributed by atoms with Gasteiger partial charge in [-0.05, 0) is 66.0 Å². The smallest absolute Gasteiger partial charge is 0.0634 e. The molecule has 1 aliphatic rings. The van der Waals surface area contributed by atoms with Crippen LogP contribution in [-0.2, 0) is 4.74 Å². The summed E-state index contributed by atoms with van der Waals surface area (Å²) in [6.07, 6.45) is 7.70. The molecule has 0 radical (unpaired) electrons. The third-order valence-corrected chi connectivity index (χ3v) is 4.62. The molecule has 0 aromatic rings. The molecule has 0 aromatic heterocycles. The van der Waals surface area contributed by atoms with Gasteiger partial charge in [-0.1, -0.05) is 6.92 Å². The molecule has 1 saturated carbocycles. The van der Waals surface area contributed by atoms with Crippen molar-refractivity contribution in [2.45, 2.75) is 77.0 Å². The van der Waals surface area contributed by atoms with Crippen LogP contribution in [0, 0.1) is 0 Å². The maximum atomic E-state index is 5.50. The van der Waals surface area contributed by atoms with Crippen LogP contribution in [0.15, 0.2) is 0 Å². The summed E-state index contributed by atoms with van der Waals surface area (Å²) >= 11 is 0. The van der Waals surface area contributed by atoms with Crippen LogP contribution in [0.1, 0.15) is 59.3 Å². The first-order valence-corrected chi connectivity index (χ1v) is 7.97. The zero-order valence-corrected chi connectivity index (χ0v) is 13.7. The average molecular weight is 270 g/mol. The van der Waals surface area contributed by atoms with Crippen molar-refractivity contribution in [2.24, 2.45) is 0 Å². The summed E-state index contributed by atoms with van der Waals surface area (Å²) in [6.45, 7) is 8.90. The van der Waals surface area contributed by atoms with E-state index in [9.17, 15) is 0 Å². The molecule has 0 bridgehead atoms. The van der Waals surface area contributed by atoms with Gasteiger partial charge in [0.2, 0.25) is 0 Å². The molecule has 1 aliphatic carbocycles. The maximum Gasteiger partial charge on any atom is 0.0634 e. The Morgan fingerprint density at radius 3 is 2.37 bits per heavy atom. The number of nitrogens with one attached hydrogen (secondary N) is 1. The summed E-state index contributed by atoms with van der Waals surface area (Å²) in [5.74, 6) is 0. The van der Waals surface area contributed by atoms with E-state index in [0.29, 0.717) is 0 Å². The third-order valence-electron chi connectivity index (χ3n) is 4.62. The fraction of sp³-hybridized carbons (Fsp3) is 1.00. The number of hydrogen-bond donors (Lipinski definition) is 1. The fourth-order valence-electron chi connectivity index (χ4n) is 2.80. The summed E-state index contributed by atoms with van der Waals surface area (Å²) < 4.78 is 5.50. The van der Waals surface area contributed by atoms with E-state index in [2.05, 4.69) is 38.0 Å². The molecule has 0 aliphatic heterocycles. The second kappa shape index (κ2) is 8.23. The summed E-state index contributed by atoms with van der Waals surface area (Å²) in [7, 11) is 4.08. The van der Waals surface area contributed by atoms with Crippen molar-refractivity contribution in [3.63, 3.8) is 0 Å². The lowest BCUT2D eigenvalue weighted by Gasteiger charge is -2.36. The third kappa shape index (κ3) is 6.24. The first-order chi connectivity index (χ1) is 8.98. The Hall–Kier alpha value is -0.120. The Kier molecular flexibility index (Phi) is 7.33.